The third-order valence-corrected chi connectivity index (χ3v) is 7.26. The van der Waals surface area contributed by atoms with Gasteiger partial charge in [-0.3, -0.25) is 4.79 Å². The smallest absolute Gasteiger partial charge is 0.407 e. The number of aliphatic hydroxyl groups is 1. The van der Waals surface area contributed by atoms with Gasteiger partial charge in [0.1, 0.15) is 5.60 Å². The molecule has 0 aromatic heterocycles. The van der Waals surface area contributed by atoms with Crippen molar-refractivity contribution < 1.29 is 24.2 Å². The molecule has 1 saturated heterocycles. The quantitative estimate of drug-likeness (QED) is 0.562. The van der Waals surface area contributed by atoms with E-state index in [9.17, 15) is 14.7 Å². The molecule has 1 aliphatic carbocycles. The van der Waals surface area contributed by atoms with Gasteiger partial charge >= 0.3 is 6.09 Å². The summed E-state index contributed by atoms with van der Waals surface area (Å²) in [6.07, 6.45) is 2.61. The number of alkyl carbamates (subject to hydrolysis) is 1. The van der Waals surface area contributed by atoms with Gasteiger partial charge < -0.3 is 24.8 Å². The van der Waals surface area contributed by atoms with Gasteiger partial charge in [-0.05, 0) is 64.0 Å². The van der Waals surface area contributed by atoms with Crippen LogP contribution >= 0.6 is 0 Å². The van der Waals surface area contributed by atoms with Crippen molar-refractivity contribution in [3.05, 3.63) is 71.8 Å². The average Bonchev–Trinajstić information content (AvgIpc) is 3.32. The molecule has 0 radical (unpaired) electrons. The number of benzene rings is 2. The number of amides is 2. The van der Waals surface area contributed by atoms with Crippen molar-refractivity contribution >= 4 is 12.0 Å². The zero-order valence-corrected chi connectivity index (χ0v) is 22.2. The van der Waals surface area contributed by atoms with Gasteiger partial charge in [-0.25, -0.2) is 4.79 Å². The Morgan fingerprint density at radius 1 is 1.03 bits per heavy atom. The first-order chi connectivity index (χ1) is 17.6. The highest BCUT2D eigenvalue weighted by molar-refractivity contribution is 5.85. The van der Waals surface area contributed by atoms with Gasteiger partial charge in [0.15, 0.2) is 0 Å². The van der Waals surface area contributed by atoms with Crippen LogP contribution in [0.4, 0.5) is 4.79 Å². The van der Waals surface area contributed by atoms with E-state index in [2.05, 4.69) is 5.32 Å². The van der Waals surface area contributed by atoms with Gasteiger partial charge in [0.2, 0.25) is 5.91 Å². The van der Waals surface area contributed by atoms with Crippen LogP contribution in [0.1, 0.15) is 69.9 Å². The topological polar surface area (TPSA) is 88.1 Å². The van der Waals surface area contributed by atoms with Gasteiger partial charge in [0.05, 0.1) is 30.3 Å². The summed E-state index contributed by atoms with van der Waals surface area (Å²) >= 11 is 0. The lowest BCUT2D eigenvalue weighted by atomic mass is 9.71. The SMILES string of the molecule is CC(C)(C)OC(=O)N[C@@H]1CCN(C(=O)C(c2ccccc2)C2(O)CCC(OCc3ccccc3)CC2)C1. The van der Waals surface area contributed by atoms with Crippen LogP contribution in [0.15, 0.2) is 60.7 Å². The number of ether oxygens (including phenoxy) is 2. The molecular weight excluding hydrogens is 468 g/mol. The van der Waals surface area contributed by atoms with Crippen LogP contribution in [-0.4, -0.2) is 58.4 Å². The van der Waals surface area contributed by atoms with Crippen LogP contribution in [0.25, 0.3) is 0 Å². The second kappa shape index (κ2) is 11.7. The van der Waals surface area contributed by atoms with Crippen LogP contribution in [0.3, 0.4) is 0 Å². The standard InChI is InChI=1S/C30H40N2O5/c1-29(2,3)37-28(34)31-24-16-19-32(20-24)27(33)26(23-12-8-5-9-13-23)30(35)17-14-25(15-18-30)36-21-22-10-6-4-7-11-22/h4-13,24-26,35H,14-21H2,1-3H3,(H,31,34)/t24-,25?,26?,30?/m1/s1. The molecule has 1 saturated carbocycles. The number of rotatable bonds is 7. The molecule has 7 nitrogen and oxygen atoms in total. The predicted octanol–water partition coefficient (Wildman–Crippen LogP) is 4.79. The van der Waals surface area contributed by atoms with E-state index in [0.29, 0.717) is 51.8 Å². The highest BCUT2D eigenvalue weighted by Crippen LogP contribution is 2.42. The molecule has 200 valence electrons. The van der Waals surface area contributed by atoms with Crippen LogP contribution in [0, 0.1) is 0 Å². The Kier molecular flexibility index (Phi) is 8.55. The summed E-state index contributed by atoms with van der Waals surface area (Å²) in [5, 5.41) is 14.8. The van der Waals surface area contributed by atoms with Crippen molar-refractivity contribution in [3.8, 4) is 0 Å². The number of hydrogen-bond donors (Lipinski definition) is 2. The molecule has 2 aromatic rings. The normalized spacial score (nSPS) is 24.9. The fourth-order valence-electron chi connectivity index (χ4n) is 5.40. The Hall–Kier alpha value is -2.90. The first-order valence-corrected chi connectivity index (χ1v) is 13.3. The molecule has 1 unspecified atom stereocenters. The summed E-state index contributed by atoms with van der Waals surface area (Å²) in [5.41, 5.74) is 0.220. The monoisotopic (exact) mass is 508 g/mol. The van der Waals surface area contributed by atoms with E-state index in [-0.39, 0.29) is 18.1 Å². The maximum Gasteiger partial charge on any atom is 0.407 e. The maximum absolute atomic E-state index is 13.9. The largest absolute Gasteiger partial charge is 0.444 e. The van der Waals surface area contributed by atoms with Gasteiger partial charge in [-0.15, -0.1) is 0 Å². The second-order valence-electron chi connectivity index (χ2n) is 11.4. The number of likely N-dealkylation sites (tertiary alicyclic amines) is 1. The summed E-state index contributed by atoms with van der Waals surface area (Å²) in [5.74, 6) is -0.755. The van der Waals surface area contributed by atoms with Crippen molar-refractivity contribution in [3.63, 3.8) is 0 Å². The minimum absolute atomic E-state index is 0.0567. The van der Waals surface area contributed by atoms with Gasteiger partial charge in [0.25, 0.3) is 0 Å². The average molecular weight is 509 g/mol. The van der Waals surface area contributed by atoms with Crippen LogP contribution < -0.4 is 5.32 Å². The summed E-state index contributed by atoms with van der Waals surface area (Å²) < 4.78 is 11.5. The first-order valence-electron chi connectivity index (χ1n) is 13.3. The molecule has 1 heterocycles. The first kappa shape index (κ1) is 27.1. The zero-order valence-electron chi connectivity index (χ0n) is 22.2. The van der Waals surface area contributed by atoms with Crippen molar-refractivity contribution in [1.29, 1.82) is 0 Å². The van der Waals surface area contributed by atoms with Crippen molar-refractivity contribution in [2.45, 2.75) is 88.7 Å². The zero-order chi connectivity index (χ0) is 26.5. The number of nitrogens with zero attached hydrogens (tertiary/aromatic N) is 1. The lowest BCUT2D eigenvalue weighted by Crippen LogP contribution is -2.49. The maximum atomic E-state index is 13.9. The summed E-state index contributed by atoms with van der Waals surface area (Å²) in [6.45, 7) is 6.95. The molecule has 2 aliphatic rings. The van der Waals surface area contributed by atoms with E-state index in [1.165, 1.54) is 0 Å². The van der Waals surface area contributed by atoms with Crippen LogP contribution in [0.5, 0.6) is 0 Å². The molecule has 4 rings (SSSR count). The third-order valence-electron chi connectivity index (χ3n) is 7.26. The van der Waals surface area contributed by atoms with Crippen LogP contribution in [-0.2, 0) is 20.9 Å². The van der Waals surface area contributed by atoms with Gasteiger partial charge in [-0.2, -0.15) is 0 Å². The second-order valence-corrected chi connectivity index (χ2v) is 11.4. The number of carbonyl (C=O) groups is 2. The van der Waals surface area contributed by atoms with Crippen molar-refractivity contribution in [2.75, 3.05) is 13.1 Å². The minimum Gasteiger partial charge on any atom is -0.444 e. The fraction of sp³-hybridized carbons (Fsp3) is 0.533. The Morgan fingerprint density at radius 3 is 2.27 bits per heavy atom. The van der Waals surface area contributed by atoms with Crippen molar-refractivity contribution in [1.82, 2.24) is 10.2 Å². The van der Waals surface area contributed by atoms with E-state index >= 15 is 0 Å². The molecule has 2 amide bonds. The lowest BCUT2D eigenvalue weighted by molar-refractivity contribution is -0.143. The van der Waals surface area contributed by atoms with Gasteiger partial charge in [0, 0.05) is 13.1 Å². The number of hydrogen-bond acceptors (Lipinski definition) is 5. The fourth-order valence-corrected chi connectivity index (χ4v) is 5.40. The van der Waals surface area contributed by atoms with E-state index in [0.717, 1.165) is 11.1 Å². The molecule has 37 heavy (non-hydrogen) atoms. The molecule has 7 heteroatoms. The highest BCUT2D eigenvalue weighted by atomic mass is 16.6. The Balaban J connectivity index is 1.40. The minimum atomic E-state index is -1.15. The highest BCUT2D eigenvalue weighted by Gasteiger charge is 2.47. The Morgan fingerprint density at radius 2 is 1.65 bits per heavy atom. The van der Waals surface area contributed by atoms with Gasteiger partial charge in [-0.1, -0.05) is 60.7 Å². The van der Waals surface area contributed by atoms with E-state index in [4.69, 9.17) is 9.47 Å². The molecule has 0 spiro atoms. The molecule has 0 bridgehead atoms. The van der Waals surface area contributed by atoms with Crippen LogP contribution in [0.2, 0.25) is 0 Å². The summed E-state index contributed by atoms with van der Waals surface area (Å²) in [6, 6.07) is 19.5. The molecule has 2 atom stereocenters. The summed E-state index contributed by atoms with van der Waals surface area (Å²) in [7, 11) is 0. The predicted molar refractivity (Wildman–Crippen MR) is 142 cm³/mol. The van der Waals surface area contributed by atoms with E-state index in [1.807, 2.05) is 81.4 Å². The molecular formula is C30H40N2O5. The number of carbonyl (C=O) groups excluding carboxylic acids is 2. The molecule has 1 aliphatic heterocycles. The molecule has 2 aromatic carbocycles. The van der Waals surface area contributed by atoms with Crippen molar-refractivity contribution in [2.24, 2.45) is 0 Å². The van der Waals surface area contributed by atoms with E-state index < -0.39 is 23.2 Å². The molecule has 2 N–H and O–H groups in total. The summed E-state index contributed by atoms with van der Waals surface area (Å²) in [4.78, 5) is 27.9. The molecule has 2 fully saturated rings. The third kappa shape index (κ3) is 7.33. The number of nitrogens with one attached hydrogen (secondary N) is 1. The lowest BCUT2D eigenvalue weighted by Gasteiger charge is -2.42. The Labute approximate surface area is 220 Å². The van der Waals surface area contributed by atoms with E-state index in [1.54, 1.807) is 4.90 Å². The Bertz CT molecular complexity index is 1030.